The lowest BCUT2D eigenvalue weighted by Gasteiger charge is -2.32. The fourth-order valence-corrected chi connectivity index (χ4v) is 2.03. The molecule has 1 atom stereocenters. The van der Waals surface area contributed by atoms with E-state index in [4.69, 9.17) is 5.26 Å². The number of nitriles is 1. The van der Waals surface area contributed by atoms with Gasteiger partial charge in [0.05, 0.1) is 19.0 Å². The van der Waals surface area contributed by atoms with Crippen LogP contribution >= 0.6 is 0 Å². The fraction of sp³-hybridized carbons (Fsp3) is 0.700. The molecular weight excluding hydrogens is 190 g/mol. The maximum atomic E-state index is 8.74. The van der Waals surface area contributed by atoms with Crippen LogP contribution in [0.2, 0.25) is 0 Å². The molecule has 15 heavy (non-hydrogen) atoms. The summed E-state index contributed by atoms with van der Waals surface area (Å²) in [5, 5.41) is 16.7. The Kier molecular flexibility index (Phi) is 2.97. The third-order valence-electron chi connectivity index (χ3n) is 2.98. The van der Waals surface area contributed by atoms with Gasteiger partial charge in [-0.15, -0.1) is 10.2 Å². The van der Waals surface area contributed by atoms with Gasteiger partial charge in [0.25, 0.3) is 0 Å². The van der Waals surface area contributed by atoms with Crippen molar-refractivity contribution < 1.29 is 0 Å². The van der Waals surface area contributed by atoms with Crippen molar-refractivity contribution in [2.45, 2.75) is 38.9 Å². The van der Waals surface area contributed by atoms with Crippen LogP contribution < -0.4 is 0 Å². The van der Waals surface area contributed by atoms with E-state index in [0.717, 1.165) is 31.9 Å². The fourth-order valence-electron chi connectivity index (χ4n) is 2.03. The molecule has 5 nitrogen and oxygen atoms in total. The van der Waals surface area contributed by atoms with Gasteiger partial charge in [-0.3, -0.25) is 4.90 Å². The van der Waals surface area contributed by atoms with Gasteiger partial charge in [-0.05, 0) is 6.42 Å². The molecule has 0 N–H and O–H groups in total. The first kappa shape index (κ1) is 10.1. The van der Waals surface area contributed by atoms with Crippen molar-refractivity contribution >= 4 is 0 Å². The highest BCUT2D eigenvalue weighted by Gasteiger charge is 2.22. The Labute approximate surface area is 89.3 Å². The predicted molar refractivity (Wildman–Crippen MR) is 54.7 cm³/mol. The van der Waals surface area contributed by atoms with Gasteiger partial charge in [0.2, 0.25) is 0 Å². The Morgan fingerprint density at radius 2 is 2.47 bits per heavy atom. The molecule has 0 bridgehead atoms. The summed E-state index contributed by atoms with van der Waals surface area (Å²) >= 11 is 0. The second kappa shape index (κ2) is 4.41. The van der Waals surface area contributed by atoms with E-state index >= 15 is 0 Å². The minimum absolute atomic E-state index is 0.362. The lowest BCUT2D eigenvalue weighted by Crippen LogP contribution is -2.40. The van der Waals surface area contributed by atoms with Gasteiger partial charge in [-0.25, -0.2) is 0 Å². The van der Waals surface area contributed by atoms with Crippen molar-refractivity contribution in [3.8, 4) is 6.07 Å². The van der Waals surface area contributed by atoms with Gasteiger partial charge in [-0.1, -0.05) is 6.92 Å². The van der Waals surface area contributed by atoms with Crippen LogP contribution in [0.5, 0.6) is 0 Å². The van der Waals surface area contributed by atoms with Crippen molar-refractivity contribution in [3.63, 3.8) is 0 Å². The zero-order valence-corrected chi connectivity index (χ0v) is 8.93. The normalized spacial score (nSPS) is 18.1. The maximum absolute atomic E-state index is 8.74. The molecule has 1 unspecified atom stereocenters. The summed E-state index contributed by atoms with van der Waals surface area (Å²) in [4.78, 5) is 2.33. The van der Waals surface area contributed by atoms with Crippen molar-refractivity contribution in [2.75, 3.05) is 6.54 Å². The number of rotatable bonds is 3. The molecule has 1 aromatic rings. The molecule has 0 radical (unpaired) electrons. The average Bonchev–Trinajstić information content (AvgIpc) is 2.72. The van der Waals surface area contributed by atoms with Gasteiger partial charge in [0.15, 0.2) is 0 Å². The highest BCUT2D eigenvalue weighted by atomic mass is 15.3. The molecule has 2 rings (SSSR count). The first-order valence-electron chi connectivity index (χ1n) is 5.32. The molecule has 0 aromatic carbocycles. The van der Waals surface area contributed by atoms with Crippen LogP contribution in [0.25, 0.3) is 0 Å². The molecule has 0 saturated heterocycles. The van der Waals surface area contributed by atoms with Gasteiger partial charge < -0.3 is 4.57 Å². The molecule has 2 heterocycles. The van der Waals surface area contributed by atoms with Crippen LogP contribution in [-0.2, 0) is 13.1 Å². The predicted octanol–water partition coefficient (Wildman–Crippen LogP) is 0.786. The van der Waals surface area contributed by atoms with Gasteiger partial charge >= 0.3 is 0 Å². The maximum Gasteiger partial charge on any atom is 0.147 e. The van der Waals surface area contributed by atoms with E-state index in [1.807, 2.05) is 0 Å². The second-order valence-electron chi connectivity index (χ2n) is 3.84. The largest absolute Gasteiger partial charge is 0.315 e. The minimum atomic E-state index is 0.362. The quantitative estimate of drug-likeness (QED) is 0.732. The van der Waals surface area contributed by atoms with Crippen LogP contribution in [0.4, 0.5) is 0 Å². The molecule has 1 aliphatic rings. The van der Waals surface area contributed by atoms with Gasteiger partial charge in [0, 0.05) is 19.1 Å². The number of nitrogens with zero attached hydrogens (tertiary/aromatic N) is 5. The zero-order chi connectivity index (χ0) is 10.7. The zero-order valence-electron chi connectivity index (χ0n) is 8.93. The number of aromatic nitrogens is 3. The lowest BCUT2D eigenvalue weighted by atomic mass is 10.1. The highest BCUT2D eigenvalue weighted by Crippen LogP contribution is 2.16. The summed E-state index contributed by atoms with van der Waals surface area (Å²) < 4.78 is 2.08. The molecule has 1 aliphatic heterocycles. The standard InChI is InChI=1S/C10H15N5/c1-2-9(3-4-11)14-5-6-15-8-12-13-10(15)7-14/h8-9H,2-3,5-7H2,1H3. The van der Waals surface area contributed by atoms with E-state index < -0.39 is 0 Å². The molecule has 0 aliphatic carbocycles. The molecule has 0 spiro atoms. The van der Waals surface area contributed by atoms with Crippen molar-refractivity contribution in [3.05, 3.63) is 12.2 Å². The monoisotopic (exact) mass is 205 g/mol. The van der Waals surface area contributed by atoms with Gasteiger partial charge in [0.1, 0.15) is 12.2 Å². The van der Waals surface area contributed by atoms with Crippen LogP contribution in [0, 0.1) is 11.3 Å². The Hall–Kier alpha value is -1.41. The lowest BCUT2D eigenvalue weighted by molar-refractivity contribution is 0.150. The van der Waals surface area contributed by atoms with Gasteiger partial charge in [-0.2, -0.15) is 5.26 Å². The molecule has 0 fully saturated rings. The number of fused-ring (bicyclic) bond motifs is 1. The Morgan fingerprint density at radius 3 is 3.20 bits per heavy atom. The van der Waals surface area contributed by atoms with E-state index in [-0.39, 0.29) is 0 Å². The summed E-state index contributed by atoms with van der Waals surface area (Å²) in [6.45, 7) is 4.87. The van der Waals surface area contributed by atoms with Crippen LogP contribution in [0.3, 0.4) is 0 Å². The summed E-state index contributed by atoms with van der Waals surface area (Å²) in [5.74, 6) is 1.01. The molecule has 1 aromatic heterocycles. The molecule has 5 heteroatoms. The van der Waals surface area contributed by atoms with E-state index in [9.17, 15) is 0 Å². The van der Waals surface area contributed by atoms with Crippen molar-refractivity contribution in [2.24, 2.45) is 0 Å². The number of hydrogen-bond acceptors (Lipinski definition) is 4. The Balaban J connectivity index is 2.05. The van der Waals surface area contributed by atoms with E-state index in [1.165, 1.54) is 0 Å². The number of hydrogen-bond donors (Lipinski definition) is 0. The smallest absolute Gasteiger partial charge is 0.147 e. The molecule has 0 amide bonds. The SMILES string of the molecule is CCC(CC#N)N1CCn2cnnc2C1. The van der Waals surface area contributed by atoms with E-state index in [1.54, 1.807) is 6.33 Å². The molecule has 0 saturated carbocycles. The molecule has 80 valence electrons. The third kappa shape index (κ3) is 2.00. The average molecular weight is 205 g/mol. The van der Waals surface area contributed by atoms with Crippen molar-refractivity contribution in [1.29, 1.82) is 5.26 Å². The van der Waals surface area contributed by atoms with E-state index in [2.05, 4.69) is 32.7 Å². The first-order chi connectivity index (χ1) is 7.35. The summed E-state index contributed by atoms with van der Waals surface area (Å²) in [6, 6.07) is 2.61. The summed E-state index contributed by atoms with van der Waals surface area (Å²) in [7, 11) is 0. The first-order valence-corrected chi connectivity index (χ1v) is 5.32. The summed E-state index contributed by atoms with van der Waals surface area (Å²) in [5.41, 5.74) is 0. The van der Waals surface area contributed by atoms with Crippen molar-refractivity contribution in [1.82, 2.24) is 19.7 Å². The minimum Gasteiger partial charge on any atom is -0.315 e. The Bertz CT molecular complexity index is 364. The van der Waals surface area contributed by atoms with Crippen LogP contribution in [0.15, 0.2) is 6.33 Å². The molecular formula is C10H15N5. The van der Waals surface area contributed by atoms with Crippen LogP contribution in [-0.4, -0.2) is 32.3 Å². The topological polar surface area (TPSA) is 57.7 Å². The van der Waals surface area contributed by atoms with E-state index in [0.29, 0.717) is 12.5 Å². The van der Waals surface area contributed by atoms with Crippen LogP contribution in [0.1, 0.15) is 25.6 Å². The second-order valence-corrected chi connectivity index (χ2v) is 3.84. The highest BCUT2D eigenvalue weighted by molar-refractivity contribution is 4.93. The Morgan fingerprint density at radius 1 is 1.60 bits per heavy atom. The third-order valence-corrected chi connectivity index (χ3v) is 2.98. The summed E-state index contributed by atoms with van der Waals surface area (Å²) in [6.07, 6.45) is 3.39.